The predicted molar refractivity (Wildman–Crippen MR) is 69.4 cm³/mol. The Labute approximate surface area is 115 Å². The van der Waals surface area contributed by atoms with E-state index in [0.29, 0.717) is 18.1 Å². The molecule has 108 valence electrons. The molecule has 0 atom stereocenters. The molecule has 0 aromatic carbocycles. The quantitative estimate of drug-likeness (QED) is 0.775. The Morgan fingerprint density at radius 1 is 1.55 bits per heavy atom. The first-order valence-electron chi connectivity index (χ1n) is 6.19. The van der Waals surface area contributed by atoms with E-state index in [9.17, 15) is 4.79 Å². The molecule has 2 rings (SSSR count). The molecule has 0 fully saturated rings. The van der Waals surface area contributed by atoms with E-state index in [0.717, 1.165) is 0 Å². The molecular weight excluding hydrogens is 262 g/mol. The van der Waals surface area contributed by atoms with E-state index in [1.165, 1.54) is 11.1 Å². The number of hydrogen-bond acceptors (Lipinski definition) is 6. The van der Waals surface area contributed by atoms with Crippen molar-refractivity contribution < 1.29 is 14.3 Å². The largest absolute Gasteiger partial charge is 0.461 e. The smallest absolute Gasteiger partial charge is 0.243 e. The SMILES string of the molecule is CC(C)(CO)CNC(=O)Cn1nnc(-c2ccco2)n1. The third-order valence-electron chi connectivity index (χ3n) is 2.67. The molecule has 1 amide bonds. The minimum Gasteiger partial charge on any atom is -0.461 e. The molecule has 2 heterocycles. The molecule has 20 heavy (non-hydrogen) atoms. The van der Waals surface area contributed by atoms with Gasteiger partial charge in [-0.2, -0.15) is 4.80 Å². The van der Waals surface area contributed by atoms with Gasteiger partial charge in [0.2, 0.25) is 11.7 Å². The van der Waals surface area contributed by atoms with Crippen LogP contribution in [0, 0.1) is 5.41 Å². The zero-order valence-corrected chi connectivity index (χ0v) is 11.4. The number of aliphatic hydroxyl groups is 1. The highest BCUT2D eigenvalue weighted by Crippen LogP contribution is 2.13. The first-order valence-corrected chi connectivity index (χ1v) is 6.19. The maximum Gasteiger partial charge on any atom is 0.243 e. The van der Waals surface area contributed by atoms with E-state index in [1.807, 2.05) is 13.8 Å². The molecule has 0 radical (unpaired) electrons. The molecule has 0 spiro atoms. The Kier molecular flexibility index (Phi) is 4.14. The summed E-state index contributed by atoms with van der Waals surface area (Å²) in [6, 6.07) is 3.44. The monoisotopic (exact) mass is 279 g/mol. The third kappa shape index (κ3) is 3.64. The molecule has 8 heteroatoms. The standard InChI is InChI=1S/C12H17N5O3/c1-12(2,8-18)7-13-10(19)6-17-15-11(14-16-17)9-4-3-5-20-9/h3-5,18H,6-8H2,1-2H3,(H,13,19). The fourth-order valence-electron chi connectivity index (χ4n) is 1.39. The molecule has 2 N–H and O–H groups in total. The lowest BCUT2D eigenvalue weighted by Gasteiger charge is -2.21. The fraction of sp³-hybridized carbons (Fsp3) is 0.500. The summed E-state index contributed by atoms with van der Waals surface area (Å²) in [5.41, 5.74) is -0.356. The number of furan rings is 1. The van der Waals surface area contributed by atoms with Gasteiger partial charge in [0.25, 0.3) is 0 Å². The van der Waals surface area contributed by atoms with E-state index in [4.69, 9.17) is 9.52 Å². The topological polar surface area (TPSA) is 106 Å². The van der Waals surface area contributed by atoms with Crippen LogP contribution in [0.25, 0.3) is 11.6 Å². The lowest BCUT2D eigenvalue weighted by atomic mass is 9.95. The fourth-order valence-corrected chi connectivity index (χ4v) is 1.39. The highest BCUT2D eigenvalue weighted by molar-refractivity contribution is 5.75. The Morgan fingerprint density at radius 3 is 3.00 bits per heavy atom. The van der Waals surface area contributed by atoms with Gasteiger partial charge in [-0.15, -0.1) is 10.2 Å². The molecule has 0 unspecified atom stereocenters. The second kappa shape index (κ2) is 5.83. The maximum atomic E-state index is 11.7. The number of aromatic nitrogens is 4. The van der Waals surface area contributed by atoms with E-state index in [1.54, 1.807) is 12.1 Å². The van der Waals surface area contributed by atoms with Crippen LogP contribution < -0.4 is 5.32 Å². The first kappa shape index (κ1) is 14.2. The van der Waals surface area contributed by atoms with Crippen molar-refractivity contribution in [3.8, 4) is 11.6 Å². The van der Waals surface area contributed by atoms with Gasteiger partial charge >= 0.3 is 0 Å². The maximum absolute atomic E-state index is 11.7. The van der Waals surface area contributed by atoms with Crippen molar-refractivity contribution in [2.45, 2.75) is 20.4 Å². The van der Waals surface area contributed by atoms with Gasteiger partial charge in [0, 0.05) is 18.6 Å². The van der Waals surface area contributed by atoms with Crippen LogP contribution in [0.2, 0.25) is 0 Å². The van der Waals surface area contributed by atoms with Crippen LogP contribution in [0.15, 0.2) is 22.8 Å². The summed E-state index contributed by atoms with van der Waals surface area (Å²) in [5.74, 6) is 0.589. The van der Waals surface area contributed by atoms with Crippen molar-refractivity contribution in [2.24, 2.45) is 5.41 Å². The molecule has 0 aliphatic heterocycles. The van der Waals surface area contributed by atoms with Crippen molar-refractivity contribution in [3.05, 3.63) is 18.4 Å². The Bertz CT molecular complexity index is 561. The molecule has 0 aliphatic carbocycles. The van der Waals surface area contributed by atoms with Gasteiger partial charge < -0.3 is 14.8 Å². The third-order valence-corrected chi connectivity index (χ3v) is 2.67. The number of nitrogens with zero attached hydrogens (tertiary/aromatic N) is 4. The minimum atomic E-state index is -0.356. The lowest BCUT2D eigenvalue weighted by Crippen LogP contribution is -2.38. The summed E-state index contributed by atoms with van der Waals surface area (Å²) >= 11 is 0. The van der Waals surface area contributed by atoms with Gasteiger partial charge in [-0.1, -0.05) is 13.8 Å². The molecular formula is C12H17N5O3. The average molecular weight is 279 g/mol. The molecule has 2 aromatic rings. The van der Waals surface area contributed by atoms with Crippen LogP contribution in [0.3, 0.4) is 0 Å². The molecule has 0 bridgehead atoms. The van der Waals surface area contributed by atoms with Crippen LogP contribution in [-0.2, 0) is 11.3 Å². The summed E-state index contributed by atoms with van der Waals surface area (Å²) < 4.78 is 5.14. The Balaban J connectivity index is 1.89. The number of nitrogens with one attached hydrogen (secondary N) is 1. The average Bonchev–Trinajstić information content (AvgIpc) is 3.07. The summed E-state index contributed by atoms with van der Waals surface area (Å²) in [6.07, 6.45) is 1.51. The number of tetrazole rings is 1. The highest BCUT2D eigenvalue weighted by atomic mass is 16.3. The van der Waals surface area contributed by atoms with Gasteiger partial charge in [0.1, 0.15) is 6.54 Å². The van der Waals surface area contributed by atoms with Crippen LogP contribution in [0.1, 0.15) is 13.8 Å². The van der Waals surface area contributed by atoms with E-state index >= 15 is 0 Å². The number of carbonyl (C=O) groups is 1. The zero-order valence-electron chi connectivity index (χ0n) is 11.4. The summed E-state index contributed by atoms with van der Waals surface area (Å²) in [7, 11) is 0. The number of amides is 1. The van der Waals surface area contributed by atoms with Crippen molar-refractivity contribution in [1.82, 2.24) is 25.5 Å². The van der Waals surface area contributed by atoms with Crippen molar-refractivity contribution in [3.63, 3.8) is 0 Å². The summed E-state index contributed by atoms with van der Waals surface area (Å²) in [6.45, 7) is 4.06. The zero-order chi connectivity index (χ0) is 14.6. The number of rotatable bonds is 6. The van der Waals surface area contributed by atoms with Gasteiger partial charge in [-0.3, -0.25) is 4.79 Å². The van der Waals surface area contributed by atoms with Crippen molar-refractivity contribution >= 4 is 5.91 Å². The Morgan fingerprint density at radius 2 is 2.35 bits per heavy atom. The minimum absolute atomic E-state index is 0.00248. The number of carbonyl (C=O) groups excluding carboxylic acids is 1. The summed E-state index contributed by atoms with van der Waals surface area (Å²) in [4.78, 5) is 12.9. The summed E-state index contributed by atoms with van der Waals surface area (Å²) in [5, 5.41) is 23.5. The van der Waals surface area contributed by atoms with E-state index in [-0.39, 0.29) is 24.5 Å². The highest BCUT2D eigenvalue weighted by Gasteiger charge is 2.18. The van der Waals surface area contributed by atoms with Crippen LogP contribution >= 0.6 is 0 Å². The molecule has 2 aromatic heterocycles. The van der Waals surface area contributed by atoms with Gasteiger partial charge in [0.05, 0.1) is 6.26 Å². The molecule has 0 saturated carbocycles. The van der Waals surface area contributed by atoms with Crippen molar-refractivity contribution in [2.75, 3.05) is 13.2 Å². The van der Waals surface area contributed by atoms with E-state index in [2.05, 4.69) is 20.7 Å². The van der Waals surface area contributed by atoms with Crippen molar-refractivity contribution in [1.29, 1.82) is 0 Å². The first-order chi connectivity index (χ1) is 9.50. The number of aliphatic hydroxyl groups excluding tert-OH is 1. The molecule has 0 saturated heterocycles. The predicted octanol–water partition coefficient (Wildman–Crippen LogP) is 0.0678. The van der Waals surface area contributed by atoms with E-state index < -0.39 is 0 Å². The normalized spacial score (nSPS) is 11.6. The van der Waals surface area contributed by atoms with Crippen LogP contribution in [0.4, 0.5) is 0 Å². The molecule has 8 nitrogen and oxygen atoms in total. The second-order valence-electron chi connectivity index (χ2n) is 5.22. The van der Waals surface area contributed by atoms with Gasteiger partial charge in [0.15, 0.2) is 5.76 Å². The van der Waals surface area contributed by atoms with Gasteiger partial charge in [-0.25, -0.2) is 0 Å². The number of hydrogen-bond donors (Lipinski definition) is 2. The van der Waals surface area contributed by atoms with Gasteiger partial charge in [-0.05, 0) is 17.3 Å². The van der Waals surface area contributed by atoms with Crippen LogP contribution in [-0.4, -0.2) is 44.4 Å². The lowest BCUT2D eigenvalue weighted by molar-refractivity contribution is -0.122. The van der Waals surface area contributed by atoms with Crippen LogP contribution in [0.5, 0.6) is 0 Å². The Hall–Kier alpha value is -2.22. The second-order valence-corrected chi connectivity index (χ2v) is 5.22. The molecule has 0 aliphatic rings.